The summed E-state index contributed by atoms with van der Waals surface area (Å²) in [5.41, 5.74) is 2.13. The molecule has 1 N–H and O–H groups in total. The Hall–Kier alpha value is -3.68. The Labute approximate surface area is 161 Å². The van der Waals surface area contributed by atoms with Gasteiger partial charge in [0, 0.05) is 36.0 Å². The van der Waals surface area contributed by atoms with E-state index in [2.05, 4.69) is 11.9 Å². The van der Waals surface area contributed by atoms with E-state index in [4.69, 9.17) is 4.74 Å². The number of ether oxygens (including phenoxy) is 1. The molecule has 2 aromatic carbocycles. The summed E-state index contributed by atoms with van der Waals surface area (Å²) in [6.45, 7) is 7.74. The summed E-state index contributed by atoms with van der Waals surface area (Å²) in [5.74, 6) is -0.0819. The average molecular weight is 381 g/mol. The summed E-state index contributed by atoms with van der Waals surface area (Å²) in [7, 11) is 0. The fraction of sp³-hybridized carbons (Fsp3) is 0.200. The van der Waals surface area contributed by atoms with E-state index in [0.717, 1.165) is 5.57 Å². The van der Waals surface area contributed by atoms with Gasteiger partial charge in [0.2, 0.25) is 0 Å². The highest BCUT2D eigenvalue weighted by Crippen LogP contribution is 2.36. The van der Waals surface area contributed by atoms with E-state index in [1.54, 1.807) is 30.0 Å². The van der Waals surface area contributed by atoms with Crippen LogP contribution < -0.4 is 15.0 Å². The molecule has 8 nitrogen and oxygen atoms in total. The van der Waals surface area contributed by atoms with E-state index in [1.807, 2.05) is 6.92 Å². The number of anilines is 2. The molecule has 2 aromatic rings. The SMILES string of the molecule is C=C(C)CN1C(=O)C(C)Oc2cc(NC(=O)c3ccc([N+](=O)[O-])cc3)ccc21. The number of non-ortho nitro benzene ring substituents is 1. The van der Waals surface area contributed by atoms with Crippen LogP contribution in [0.15, 0.2) is 54.6 Å². The maximum absolute atomic E-state index is 12.4. The lowest BCUT2D eigenvalue weighted by Gasteiger charge is -2.33. The number of fused-ring (bicyclic) bond motifs is 1. The van der Waals surface area contributed by atoms with Crippen molar-refractivity contribution in [1.29, 1.82) is 0 Å². The molecule has 8 heteroatoms. The summed E-state index contributed by atoms with van der Waals surface area (Å²) < 4.78 is 5.68. The van der Waals surface area contributed by atoms with Crippen LogP contribution in [0.5, 0.6) is 5.75 Å². The Morgan fingerprint density at radius 1 is 1.29 bits per heavy atom. The van der Waals surface area contributed by atoms with Crippen molar-refractivity contribution in [2.45, 2.75) is 20.0 Å². The number of carbonyl (C=O) groups excluding carboxylic acids is 2. The molecule has 0 saturated heterocycles. The third-order valence-electron chi connectivity index (χ3n) is 4.19. The lowest BCUT2D eigenvalue weighted by Crippen LogP contribution is -2.45. The van der Waals surface area contributed by atoms with Crippen LogP contribution in [-0.2, 0) is 4.79 Å². The van der Waals surface area contributed by atoms with Crippen LogP contribution in [0.4, 0.5) is 17.1 Å². The molecule has 28 heavy (non-hydrogen) atoms. The number of hydrogen-bond donors (Lipinski definition) is 1. The first-order valence-corrected chi connectivity index (χ1v) is 8.58. The normalized spacial score (nSPS) is 15.4. The lowest BCUT2D eigenvalue weighted by atomic mass is 10.1. The van der Waals surface area contributed by atoms with Gasteiger partial charge in [-0.3, -0.25) is 19.7 Å². The van der Waals surface area contributed by atoms with E-state index in [0.29, 0.717) is 23.7 Å². The van der Waals surface area contributed by atoms with Crippen LogP contribution in [0.1, 0.15) is 24.2 Å². The van der Waals surface area contributed by atoms with Crippen LogP contribution in [0, 0.1) is 10.1 Å². The Morgan fingerprint density at radius 2 is 1.96 bits per heavy atom. The minimum atomic E-state index is -0.646. The highest BCUT2D eigenvalue weighted by atomic mass is 16.6. The standard InChI is InChI=1S/C20H19N3O5/c1-12(2)11-22-17-9-6-15(10-18(17)28-13(3)20(22)25)21-19(24)14-4-7-16(8-5-14)23(26)27/h4-10,13H,1,11H2,2-3H3,(H,21,24). The molecule has 3 rings (SSSR count). The number of nitrogens with one attached hydrogen (secondary N) is 1. The highest BCUT2D eigenvalue weighted by Gasteiger charge is 2.31. The van der Waals surface area contributed by atoms with Gasteiger partial charge in [-0.15, -0.1) is 0 Å². The maximum atomic E-state index is 12.4. The third kappa shape index (κ3) is 3.85. The highest BCUT2D eigenvalue weighted by molar-refractivity contribution is 6.05. The Bertz CT molecular complexity index is 968. The zero-order valence-corrected chi connectivity index (χ0v) is 15.5. The topological polar surface area (TPSA) is 102 Å². The Morgan fingerprint density at radius 3 is 2.57 bits per heavy atom. The number of hydrogen-bond acceptors (Lipinski definition) is 5. The summed E-state index contributed by atoms with van der Waals surface area (Å²) in [4.78, 5) is 36.6. The van der Waals surface area contributed by atoms with E-state index < -0.39 is 16.9 Å². The quantitative estimate of drug-likeness (QED) is 0.485. The van der Waals surface area contributed by atoms with Crippen molar-refractivity contribution in [3.8, 4) is 5.75 Å². The largest absolute Gasteiger partial charge is 0.479 e. The lowest BCUT2D eigenvalue weighted by molar-refractivity contribution is -0.384. The second-order valence-corrected chi connectivity index (χ2v) is 6.58. The van der Waals surface area contributed by atoms with Gasteiger partial charge >= 0.3 is 0 Å². The Kier molecular flexibility index (Phi) is 5.12. The van der Waals surface area contributed by atoms with Gasteiger partial charge < -0.3 is 15.0 Å². The van der Waals surface area contributed by atoms with Gasteiger partial charge in [-0.25, -0.2) is 0 Å². The zero-order chi connectivity index (χ0) is 20.4. The Balaban J connectivity index is 1.82. The second-order valence-electron chi connectivity index (χ2n) is 6.58. The van der Waals surface area contributed by atoms with Gasteiger partial charge in [-0.1, -0.05) is 12.2 Å². The van der Waals surface area contributed by atoms with Crippen LogP contribution in [0.25, 0.3) is 0 Å². The van der Waals surface area contributed by atoms with Gasteiger partial charge in [-0.05, 0) is 38.1 Å². The number of amides is 2. The first-order valence-electron chi connectivity index (χ1n) is 8.58. The molecule has 1 heterocycles. The molecule has 2 amide bonds. The van der Waals surface area contributed by atoms with E-state index in [1.165, 1.54) is 24.3 Å². The molecule has 0 spiro atoms. The van der Waals surface area contributed by atoms with Crippen molar-refractivity contribution in [3.63, 3.8) is 0 Å². The molecule has 1 aliphatic rings. The molecule has 1 unspecified atom stereocenters. The molecule has 0 aromatic heterocycles. The van der Waals surface area contributed by atoms with Crippen molar-refractivity contribution < 1.29 is 19.2 Å². The van der Waals surface area contributed by atoms with E-state index in [9.17, 15) is 19.7 Å². The van der Waals surface area contributed by atoms with Crippen LogP contribution in [-0.4, -0.2) is 29.4 Å². The summed E-state index contributed by atoms with van der Waals surface area (Å²) in [5, 5.41) is 13.4. The molecular weight excluding hydrogens is 362 g/mol. The van der Waals surface area contributed by atoms with E-state index >= 15 is 0 Å². The number of nitro benzene ring substituents is 1. The molecule has 1 atom stereocenters. The van der Waals surface area contributed by atoms with Crippen molar-refractivity contribution in [1.82, 2.24) is 0 Å². The fourth-order valence-electron chi connectivity index (χ4n) is 2.86. The van der Waals surface area contributed by atoms with Gasteiger partial charge in [-0.2, -0.15) is 0 Å². The maximum Gasteiger partial charge on any atom is 0.269 e. The summed E-state index contributed by atoms with van der Waals surface area (Å²) >= 11 is 0. The number of nitrogens with zero attached hydrogens (tertiary/aromatic N) is 2. The molecule has 0 bridgehead atoms. The predicted octanol–water partition coefficient (Wildman–Crippen LogP) is 3.54. The smallest absolute Gasteiger partial charge is 0.269 e. The van der Waals surface area contributed by atoms with Gasteiger partial charge in [0.25, 0.3) is 17.5 Å². The molecular formula is C20H19N3O5. The molecule has 0 saturated carbocycles. The van der Waals surface area contributed by atoms with Crippen LogP contribution in [0.2, 0.25) is 0 Å². The van der Waals surface area contributed by atoms with Gasteiger partial charge in [0.05, 0.1) is 10.6 Å². The molecule has 0 fully saturated rings. The molecule has 0 aliphatic carbocycles. The van der Waals surface area contributed by atoms with Gasteiger partial charge in [0.15, 0.2) is 6.10 Å². The number of carbonyl (C=O) groups is 2. The predicted molar refractivity (Wildman–Crippen MR) is 105 cm³/mol. The molecule has 144 valence electrons. The van der Waals surface area contributed by atoms with E-state index in [-0.39, 0.29) is 17.2 Å². The number of rotatable bonds is 5. The first kappa shape index (κ1) is 19.1. The van der Waals surface area contributed by atoms with Crippen molar-refractivity contribution in [3.05, 3.63) is 70.3 Å². The van der Waals surface area contributed by atoms with Crippen molar-refractivity contribution in [2.24, 2.45) is 0 Å². The number of benzene rings is 2. The number of nitro groups is 1. The summed E-state index contributed by atoms with van der Waals surface area (Å²) in [6, 6.07) is 10.3. The fourth-order valence-corrected chi connectivity index (χ4v) is 2.86. The monoisotopic (exact) mass is 381 g/mol. The summed E-state index contributed by atoms with van der Waals surface area (Å²) in [6.07, 6.45) is -0.646. The third-order valence-corrected chi connectivity index (χ3v) is 4.19. The van der Waals surface area contributed by atoms with Crippen LogP contribution >= 0.6 is 0 Å². The zero-order valence-electron chi connectivity index (χ0n) is 15.5. The average Bonchev–Trinajstić information content (AvgIpc) is 2.65. The second kappa shape index (κ2) is 7.51. The van der Waals surface area contributed by atoms with Gasteiger partial charge in [0.1, 0.15) is 5.75 Å². The van der Waals surface area contributed by atoms with Crippen LogP contribution in [0.3, 0.4) is 0 Å². The minimum absolute atomic E-state index is 0.0880. The van der Waals surface area contributed by atoms with Crippen molar-refractivity contribution in [2.75, 3.05) is 16.8 Å². The molecule has 1 aliphatic heterocycles. The minimum Gasteiger partial charge on any atom is -0.479 e. The van der Waals surface area contributed by atoms with Crippen molar-refractivity contribution >= 4 is 28.9 Å². The first-order chi connectivity index (χ1) is 13.3. The molecule has 0 radical (unpaired) electrons.